The number of nitro groups is 1. The Kier molecular flexibility index (Phi) is 5.14. The summed E-state index contributed by atoms with van der Waals surface area (Å²) in [5, 5.41) is 10.9. The summed E-state index contributed by atoms with van der Waals surface area (Å²) in [6, 6.07) is 10.7. The average Bonchev–Trinajstić information content (AvgIpc) is 2.59. The summed E-state index contributed by atoms with van der Waals surface area (Å²) in [4.78, 5) is 22.6. The third-order valence-corrected chi connectivity index (χ3v) is 3.13. The molecule has 0 aliphatic carbocycles. The van der Waals surface area contributed by atoms with Crippen LogP contribution in [0.15, 0.2) is 42.5 Å². The number of esters is 1. The van der Waals surface area contributed by atoms with E-state index in [4.69, 9.17) is 14.2 Å². The topological polar surface area (TPSA) is 87.9 Å². The molecule has 0 heterocycles. The van der Waals surface area contributed by atoms with Gasteiger partial charge < -0.3 is 14.2 Å². The third kappa shape index (κ3) is 3.97. The van der Waals surface area contributed by atoms with Crippen LogP contribution in [0.3, 0.4) is 0 Å². The van der Waals surface area contributed by atoms with E-state index in [1.807, 2.05) is 0 Å². The van der Waals surface area contributed by atoms with Crippen LogP contribution >= 0.6 is 0 Å². The summed E-state index contributed by atoms with van der Waals surface area (Å²) in [5.41, 5.74) is 0.462. The summed E-state index contributed by atoms with van der Waals surface area (Å²) in [6.45, 7) is -0.199. The molecule has 0 bridgehead atoms. The number of carbonyl (C=O) groups is 1. The fourth-order valence-electron chi connectivity index (χ4n) is 1.96. The molecule has 0 aromatic heterocycles. The van der Waals surface area contributed by atoms with E-state index in [9.17, 15) is 14.9 Å². The Morgan fingerprint density at radius 2 is 1.70 bits per heavy atom. The van der Waals surface area contributed by atoms with Gasteiger partial charge in [0.15, 0.2) is 0 Å². The van der Waals surface area contributed by atoms with Gasteiger partial charge in [0.2, 0.25) is 0 Å². The number of hydrogen-bond acceptors (Lipinski definition) is 6. The maximum atomic E-state index is 12.1. The summed E-state index contributed by atoms with van der Waals surface area (Å²) >= 11 is 0. The summed E-state index contributed by atoms with van der Waals surface area (Å²) in [5.74, 6) is 0.268. The van der Waals surface area contributed by atoms with Crippen molar-refractivity contribution in [3.8, 4) is 11.5 Å². The highest BCUT2D eigenvalue weighted by Gasteiger charge is 2.16. The Hall–Kier alpha value is -3.09. The Bertz CT molecular complexity index is 706. The SMILES string of the molecule is COc1cc(OC)cc(C(=O)OCc2ccccc2[N+](=O)[O-])c1. The van der Waals surface area contributed by atoms with E-state index < -0.39 is 10.9 Å². The van der Waals surface area contributed by atoms with E-state index >= 15 is 0 Å². The molecule has 0 saturated carbocycles. The van der Waals surface area contributed by atoms with Gasteiger partial charge in [0.1, 0.15) is 18.1 Å². The molecule has 0 saturated heterocycles. The van der Waals surface area contributed by atoms with Crippen molar-refractivity contribution in [1.29, 1.82) is 0 Å². The first-order valence-corrected chi connectivity index (χ1v) is 6.67. The van der Waals surface area contributed by atoms with E-state index in [0.717, 1.165) is 0 Å². The van der Waals surface area contributed by atoms with Gasteiger partial charge in [-0.1, -0.05) is 12.1 Å². The average molecular weight is 317 g/mol. The first-order chi connectivity index (χ1) is 11.0. The quantitative estimate of drug-likeness (QED) is 0.462. The van der Waals surface area contributed by atoms with Gasteiger partial charge in [0.25, 0.3) is 5.69 Å². The monoisotopic (exact) mass is 317 g/mol. The van der Waals surface area contributed by atoms with Crippen LogP contribution < -0.4 is 9.47 Å². The summed E-state index contributed by atoms with van der Waals surface area (Å²) < 4.78 is 15.3. The van der Waals surface area contributed by atoms with Gasteiger partial charge >= 0.3 is 5.97 Å². The Morgan fingerprint density at radius 1 is 1.09 bits per heavy atom. The van der Waals surface area contributed by atoms with Gasteiger partial charge in [-0.3, -0.25) is 10.1 Å². The molecule has 2 aromatic carbocycles. The van der Waals surface area contributed by atoms with Crippen LogP contribution in [0.25, 0.3) is 0 Å². The first-order valence-electron chi connectivity index (χ1n) is 6.67. The van der Waals surface area contributed by atoms with Crippen LogP contribution in [0.1, 0.15) is 15.9 Å². The standard InChI is InChI=1S/C16H15NO6/c1-21-13-7-12(8-14(9-13)22-2)16(18)23-10-11-5-3-4-6-15(11)17(19)20/h3-9H,10H2,1-2H3. The van der Waals surface area contributed by atoms with Crippen molar-refractivity contribution in [1.82, 2.24) is 0 Å². The van der Waals surface area contributed by atoms with Crippen LogP contribution in [0.5, 0.6) is 11.5 Å². The number of carbonyl (C=O) groups excluding carboxylic acids is 1. The van der Waals surface area contributed by atoms with Gasteiger partial charge in [-0.25, -0.2) is 4.79 Å². The Balaban J connectivity index is 2.16. The molecule has 0 aliphatic heterocycles. The minimum absolute atomic E-state index is 0.0940. The van der Waals surface area contributed by atoms with Crippen LogP contribution in [0, 0.1) is 10.1 Å². The minimum Gasteiger partial charge on any atom is -0.497 e. The smallest absolute Gasteiger partial charge is 0.338 e. The van der Waals surface area contributed by atoms with E-state index in [-0.39, 0.29) is 17.9 Å². The minimum atomic E-state index is -0.625. The second kappa shape index (κ2) is 7.26. The molecule has 0 aliphatic rings. The molecule has 0 radical (unpaired) electrons. The molecule has 0 fully saturated rings. The van der Waals surface area contributed by atoms with E-state index in [1.165, 1.54) is 38.5 Å². The lowest BCUT2D eigenvalue weighted by atomic mass is 10.2. The van der Waals surface area contributed by atoms with Gasteiger partial charge in [-0.05, 0) is 18.2 Å². The zero-order chi connectivity index (χ0) is 16.8. The highest BCUT2D eigenvalue weighted by atomic mass is 16.6. The van der Waals surface area contributed by atoms with Crippen molar-refractivity contribution in [3.63, 3.8) is 0 Å². The fraction of sp³-hybridized carbons (Fsp3) is 0.188. The molecule has 7 nitrogen and oxygen atoms in total. The van der Waals surface area contributed by atoms with Crippen molar-refractivity contribution in [2.75, 3.05) is 14.2 Å². The van der Waals surface area contributed by atoms with Gasteiger partial charge in [0.05, 0.1) is 30.3 Å². The molecule has 0 spiro atoms. The van der Waals surface area contributed by atoms with Crippen molar-refractivity contribution >= 4 is 11.7 Å². The first kappa shape index (κ1) is 16.3. The maximum absolute atomic E-state index is 12.1. The lowest BCUT2D eigenvalue weighted by Gasteiger charge is -2.09. The Morgan fingerprint density at radius 3 is 2.26 bits per heavy atom. The number of benzene rings is 2. The lowest BCUT2D eigenvalue weighted by molar-refractivity contribution is -0.385. The highest BCUT2D eigenvalue weighted by Crippen LogP contribution is 2.24. The summed E-state index contributed by atoms with van der Waals surface area (Å²) in [7, 11) is 2.94. The number of ether oxygens (including phenoxy) is 3. The number of nitro benzene ring substituents is 1. The number of para-hydroxylation sites is 1. The van der Waals surface area contributed by atoms with Crippen molar-refractivity contribution < 1.29 is 23.9 Å². The molecule has 0 amide bonds. The zero-order valence-electron chi connectivity index (χ0n) is 12.6. The highest BCUT2D eigenvalue weighted by molar-refractivity contribution is 5.90. The van der Waals surface area contributed by atoms with Gasteiger partial charge in [0, 0.05) is 12.1 Å². The second-order valence-electron chi connectivity index (χ2n) is 4.56. The van der Waals surface area contributed by atoms with Crippen molar-refractivity contribution in [3.05, 3.63) is 63.7 Å². The molecule has 0 unspecified atom stereocenters. The molecule has 23 heavy (non-hydrogen) atoms. The van der Waals surface area contributed by atoms with Crippen LogP contribution in [0.4, 0.5) is 5.69 Å². The molecule has 0 N–H and O–H groups in total. The third-order valence-electron chi connectivity index (χ3n) is 3.13. The van der Waals surface area contributed by atoms with Crippen molar-refractivity contribution in [2.45, 2.75) is 6.61 Å². The predicted octanol–water partition coefficient (Wildman–Crippen LogP) is 2.97. The Labute approximate surface area is 132 Å². The number of methoxy groups -OCH3 is 2. The molecular formula is C16H15NO6. The van der Waals surface area contributed by atoms with E-state index in [1.54, 1.807) is 18.2 Å². The normalized spacial score (nSPS) is 10.0. The molecule has 2 rings (SSSR count). The van der Waals surface area contributed by atoms with Crippen LogP contribution in [-0.4, -0.2) is 25.1 Å². The largest absolute Gasteiger partial charge is 0.497 e. The molecule has 0 atom stereocenters. The molecule has 120 valence electrons. The predicted molar refractivity (Wildman–Crippen MR) is 81.8 cm³/mol. The van der Waals surface area contributed by atoms with Gasteiger partial charge in [-0.15, -0.1) is 0 Å². The molecule has 7 heteroatoms. The maximum Gasteiger partial charge on any atom is 0.338 e. The lowest BCUT2D eigenvalue weighted by Crippen LogP contribution is -2.07. The fourth-order valence-corrected chi connectivity index (χ4v) is 1.96. The van der Waals surface area contributed by atoms with Gasteiger partial charge in [-0.2, -0.15) is 0 Å². The van der Waals surface area contributed by atoms with E-state index in [2.05, 4.69) is 0 Å². The van der Waals surface area contributed by atoms with E-state index in [0.29, 0.717) is 17.1 Å². The van der Waals surface area contributed by atoms with Crippen LogP contribution in [-0.2, 0) is 11.3 Å². The number of nitrogens with zero attached hydrogens (tertiary/aromatic N) is 1. The zero-order valence-corrected chi connectivity index (χ0v) is 12.6. The second-order valence-corrected chi connectivity index (χ2v) is 4.56. The van der Waals surface area contributed by atoms with Crippen molar-refractivity contribution in [2.24, 2.45) is 0 Å². The summed E-state index contributed by atoms with van der Waals surface area (Å²) in [6.07, 6.45) is 0. The molecular weight excluding hydrogens is 302 g/mol. The number of rotatable bonds is 6. The molecule has 2 aromatic rings. The number of hydrogen-bond donors (Lipinski definition) is 0. The van der Waals surface area contributed by atoms with Crippen LogP contribution in [0.2, 0.25) is 0 Å².